The number of benzene rings is 2. The highest BCUT2D eigenvalue weighted by molar-refractivity contribution is 6.03. The SMILES string of the molecule is Cl.NC(N)=NC(=O)c1ccc2c(c1)-c1ccccc1C2O. The highest BCUT2D eigenvalue weighted by Crippen LogP contribution is 2.43. The molecule has 0 radical (unpaired) electrons. The van der Waals surface area contributed by atoms with Crippen LogP contribution < -0.4 is 11.5 Å². The zero-order valence-electron chi connectivity index (χ0n) is 11.0. The van der Waals surface area contributed by atoms with Gasteiger partial charge in [-0.25, -0.2) is 0 Å². The van der Waals surface area contributed by atoms with E-state index in [1.807, 2.05) is 24.3 Å². The summed E-state index contributed by atoms with van der Waals surface area (Å²) in [6.07, 6.45) is -0.659. The summed E-state index contributed by atoms with van der Waals surface area (Å²) in [5.41, 5.74) is 14.2. The monoisotopic (exact) mass is 303 g/mol. The van der Waals surface area contributed by atoms with Crippen molar-refractivity contribution in [3.8, 4) is 11.1 Å². The average Bonchev–Trinajstić information content (AvgIpc) is 2.72. The van der Waals surface area contributed by atoms with Crippen LogP contribution in [0, 0.1) is 0 Å². The van der Waals surface area contributed by atoms with E-state index in [1.54, 1.807) is 18.2 Å². The van der Waals surface area contributed by atoms with Gasteiger partial charge in [-0.05, 0) is 34.4 Å². The number of halogens is 1. The van der Waals surface area contributed by atoms with Gasteiger partial charge in [-0.1, -0.05) is 30.3 Å². The normalized spacial score (nSPS) is 14.6. The van der Waals surface area contributed by atoms with Crippen LogP contribution >= 0.6 is 12.4 Å². The van der Waals surface area contributed by atoms with Gasteiger partial charge in [0.05, 0.1) is 0 Å². The second kappa shape index (κ2) is 5.55. The highest BCUT2D eigenvalue weighted by atomic mass is 35.5. The number of carbonyl (C=O) groups excluding carboxylic acids is 1. The molecule has 2 aromatic carbocycles. The van der Waals surface area contributed by atoms with Gasteiger partial charge in [0.15, 0.2) is 5.96 Å². The van der Waals surface area contributed by atoms with Crippen molar-refractivity contribution in [2.75, 3.05) is 0 Å². The molecular weight excluding hydrogens is 290 g/mol. The fourth-order valence-corrected chi connectivity index (χ4v) is 2.49. The summed E-state index contributed by atoms with van der Waals surface area (Å²) in [4.78, 5) is 15.4. The largest absolute Gasteiger partial charge is 0.384 e. The zero-order valence-corrected chi connectivity index (χ0v) is 11.8. The Morgan fingerprint density at radius 1 is 1.05 bits per heavy atom. The molecule has 0 fully saturated rings. The van der Waals surface area contributed by atoms with Gasteiger partial charge in [-0.3, -0.25) is 4.79 Å². The summed E-state index contributed by atoms with van der Waals surface area (Å²) in [5.74, 6) is -0.761. The second-order valence-electron chi connectivity index (χ2n) is 4.63. The smallest absolute Gasteiger partial charge is 0.280 e. The number of rotatable bonds is 1. The number of hydrogen-bond donors (Lipinski definition) is 3. The molecule has 0 aliphatic heterocycles. The van der Waals surface area contributed by atoms with E-state index in [0.29, 0.717) is 5.56 Å². The van der Waals surface area contributed by atoms with Gasteiger partial charge in [0, 0.05) is 5.56 Å². The Morgan fingerprint density at radius 2 is 1.71 bits per heavy atom. The number of aliphatic hydroxyl groups is 1. The van der Waals surface area contributed by atoms with Crippen molar-refractivity contribution in [1.82, 2.24) is 0 Å². The Hall–Kier alpha value is -2.37. The van der Waals surface area contributed by atoms with Crippen molar-refractivity contribution in [2.45, 2.75) is 6.10 Å². The Labute approximate surface area is 127 Å². The van der Waals surface area contributed by atoms with Crippen molar-refractivity contribution in [2.24, 2.45) is 16.5 Å². The Balaban J connectivity index is 0.00000161. The molecule has 108 valence electrons. The molecule has 5 N–H and O–H groups in total. The van der Waals surface area contributed by atoms with E-state index < -0.39 is 12.0 Å². The van der Waals surface area contributed by atoms with Crippen molar-refractivity contribution in [3.63, 3.8) is 0 Å². The lowest BCUT2D eigenvalue weighted by atomic mass is 10.0. The molecule has 0 saturated heterocycles. The first-order valence-electron chi connectivity index (χ1n) is 6.13. The van der Waals surface area contributed by atoms with Crippen LogP contribution in [0.25, 0.3) is 11.1 Å². The van der Waals surface area contributed by atoms with Gasteiger partial charge in [0.2, 0.25) is 0 Å². The van der Waals surface area contributed by atoms with E-state index >= 15 is 0 Å². The molecule has 1 aliphatic rings. The van der Waals surface area contributed by atoms with Crippen molar-refractivity contribution >= 4 is 24.3 Å². The molecule has 2 aromatic rings. The lowest BCUT2D eigenvalue weighted by Crippen LogP contribution is -2.24. The number of guanidine groups is 1. The molecule has 0 saturated carbocycles. The first-order valence-corrected chi connectivity index (χ1v) is 6.13. The van der Waals surface area contributed by atoms with E-state index in [0.717, 1.165) is 22.3 Å². The first-order chi connectivity index (χ1) is 9.58. The maximum atomic E-state index is 11.8. The molecule has 1 atom stereocenters. The van der Waals surface area contributed by atoms with Gasteiger partial charge < -0.3 is 16.6 Å². The summed E-state index contributed by atoms with van der Waals surface area (Å²) in [5, 5.41) is 10.3. The van der Waals surface area contributed by atoms with E-state index in [-0.39, 0.29) is 18.4 Å². The predicted molar refractivity (Wildman–Crippen MR) is 83.3 cm³/mol. The van der Waals surface area contributed by atoms with Gasteiger partial charge in [-0.15, -0.1) is 12.4 Å². The maximum Gasteiger partial charge on any atom is 0.280 e. The van der Waals surface area contributed by atoms with Crippen LogP contribution in [0.3, 0.4) is 0 Å². The van der Waals surface area contributed by atoms with Crippen molar-refractivity contribution in [1.29, 1.82) is 0 Å². The Kier molecular flexibility index (Phi) is 3.97. The molecule has 0 heterocycles. The number of nitrogens with two attached hydrogens (primary N) is 2. The van der Waals surface area contributed by atoms with Gasteiger partial charge >= 0.3 is 0 Å². The number of aliphatic imine (C=N–C) groups is 1. The standard InChI is InChI=1S/C15H13N3O2.ClH/c16-15(17)18-14(20)8-5-6-11-12(7-8)9-3-1-2-4-10(9)13(11)19;/h1-7,13,19H,(H4,16,17,18,20);1H. The number of fused-ring (bicyclic) bond motifs is 3. The number of aliphatic hydroxyl groups excluding tert-OH is 1. The lowest BCUT2D eigenvalue weighted by Gasteiger charge is -2.05. The molecule has 5 nitrogen and oxygen atoms in total. The highest BCUT2D eigenvalue weighted by Gasteiger charge is 2.27. The predicted octanol–water partition coefficient (Wildman–Crippen LogP) is 1.58. The zero-order chi connectivity index (χ0) is 14.3. The van der Waals surface area contributed by atoms with Crippen LogP contribution in [-0.4, -0.2) is 17.0 Å². The summed E-state index contributed by atoms with van der Waals surface area (Å²) >= 11 is 0. The molecule has 1 amide bonds. The summed E-state index contributed by atoms with van der Waals surface area (Å²) in [6, 6.07) is 12.6. The molecule has 6 heteroatoms. The minimum atomic E-state index is -0.659. The van der Waals surface area contributed by atoms with E-state index in [1.165, 1.54) is 0 Å². The van der Waals surface area contributed by atoms with Gasteiger partial charge in [-0.2, -0.15) is 4.99 Å². The number of amides is 1. The number of nitrogens with zero attached hydrogens (tertiary/aromatic N) is 1. The van der Waals surface area contributed by atoms with Gasteiger partial charge in [0.1, 0.15) is 6.10 Å². The Morgan fingerprint density at radius 3 is 2.43 bits per heavy atom. The average molecular weight is 304 g/mol. The summed E-state index contributed by atoms with van der Waals surface area (Å²) < 4.78 is 0. The van der Waals surface area contributed by atoms with Crippen LogP contribution in [0.4, 0.5) is 0 Å². The third-order valence-electron chi connectivity index (χ3n) is 3.37. The molecular formula is C15H14ClN3O2. The second-order valence-corrected chi connectivity index (χ2v) is 4.63. The first kappa shape index (κ1) is 15.0. The lowest BCUT2D eigenvalue weighted by molar-refractivity contribution is 0.100. The Bertz CT molecular complexity index is 739. The fourth-order valence-electron chi connectivity index (χ4n) is 2.49. The van der Waals surface area contributed by atoms with Gasteiger partial charge in [0.25, 0.3) is 5.91 Å². The van der Waals surface area contributed by atoms with E-state index in [9.17, 15) is 9.90 Å². The minimum Gasteiger partial charge on any atom is -0.384 e. The fraction of sp³-hybridized carbons (Fsp3) is 0.0667. The van der Waals surface area contributed by atoms with Crippen LogP contribution in [0.5, 0.6) is 0 Å². The molecule has 3 rings (SSSR count). The van der Waals surface area contributed by atoms with Crippen LogP contribution in [-0.2, 0) is 0 Å². The third-order valence-corrected chi connectivity index (χ3v) is 3.37. The molecule has 21 heavy (non-hydrogen) atoms. The molecule has 1 aliphatic carbocycles. The van der Waals surface area contributed by atoms with Crippen LogP contribution in [0.2, 0.25) is 0 Å². The van der Waals surface area contributed by atoms with E-state index in [4.69, 9.17) is 11.5 Å². The maximum absolute atomic E-state index is 11.8. The molecule has 0 spiro atoms. The minimum absolute atomic E-state index is 0. The summed E-state index contributed by atoms with van der Waals surface area (Å²) in [7, 11) is 0. The number of hydrogen-bond acceptors (Lipinski definition) is 2. The van der Waals surface area contributed by atoms with Crippen LogP contribution in [0.15, 0.2) is 47.5 Å². The van der Waals surface area contributed by atoms with Crippen molar-refractivity contribution < 1.29 is 9.90 Å². The topological polar surface area (TPSA) is 102 Å². The number of carbonyl (C=O) groups is 1. The quantitative estimate of drug-likeness (QED) is 0.550. The van der Waals surface area contributed by atoms with Crippen LogP contribution in [0.1, 0.15) is 27.6 Å². The molecule has 0 bridgehead atoms. The molecule has 1 unspecified atom stereocenters. The summed E-state index contributed by atoms with van der Waals surface area (Å²) in [6.45, 7) is 0. The van der Waals surface area contributed by atoms with E-state index in [2.05, 4.69) is 4.99 Å². The molecule has 0 aromatic heterocycles. The van der Waals surface area contributed by atoms with Crippen molar-refractivity contribution in [3.05, 3.63) is 59.2 Å². The third kappa shape index (κ3) is 2.49.